The van der Waals surface area contributed by atoms with Crippen LogP contribution in [0.3, 0.4) is 0 Å². The van der Waals surface area contributed by atoms with E-state index in [-0.39, 0.29) is 12.4 Å². The average Bonchev–Trinajstić information content (AvgIpc) is 3.25. The lowest BCUT2D eigenvalue weighted by Crippen LogP contribution is -2.10. The molecular formula is C23H29ClN4O. The summed E-state index contributed by atoms with van der Waals surface area (Å²) in [6.45, 7) is 3.03. The molecule has 6 heteroatoms. The van der Waals surface area contributed by atoms with Crippen LogP contribution in [-0.4, -0.2) is 23.2 Å². The van der Waals surface area contributed by atoms with E-state index < -0.39 is 0 Å². The van der Waals surface area contributed by atoms with E-state index in [4.69, 9.17) is 14.7 Å². The predicted octanol–water partition coefficient (Wildman–Crippen LogP) is 5.10. The topological polar surface area (TPSA) is 59.1 Å². The van der Waals surface area contributed by atoms with Gasteiger partial charge in [0.1, 0.15) is 5.82 Å². The van der Waals surface area contributed by atoms with Gasteiger partial charge in [0.25, 0.3) is 0 Å². The van der Waals surface area contributed by atoms with Gasteiger partial charge in [-0.1, -0.05) is 37.5 Å². The summed E-state index contributed by atoms with van der Waals surface area (Å²) in [5, 5.41) is 6.97. The van der Waals surface area contributed by atoms with Crippen molar-refractivity contribution < 1.29 is 4.74 Å². The predicted molar refractivity (Wildman–Crippen MR) is 119 cm³/mol. The molecule has 3 aliphatic rings. The molecule has 1 aromatic carbocycles. The molecule has 0 spiro atoms. The molecule has 0 amide bonds. The Morgan fingerprint density at radius 2 is 1.83 bits per heavy atom. The first-order valence-electron chi connectivity index (χ1n) is 10.6. The summed E-state index contributed by atoms with van der Waals surface area (Å²) >= 11 is 0. The fraction of sp³-hybridized carbons (Fsp3) is 0.478. The summed E-state index contributed by atoms with van der Waals surface area (Å²) in [5.74, 6) is 2.51. The second-order valence-electron chi connectivity index (χ2n) is 8.06. The van der Waals surface area contributed by atoms with Crippen molar-refractivity contribution in [2.75, 3.05) is 18.5 Å². The van der Waals surface area contributed by atoms with Crippen LogP contribution in [0.5, 0.6) is 0 Å². The van der Waals surface area contributed by atoms with E-state index in [1.54, 1.807) is 0 Å². The largest absolute Gasteiger partial charge is 0.377 e. The SMILES string of the molecule is C1=C(c2nc3c(c(Nc4ccc(C5CCCCC5)cc4)n2)CNC3)CCOC1.Cl. The van der Waals surface area contributed by atoms with Crippen LogP contribution < -0.4 is 10.6 Å². The van der Waals surface area contributed by atoms with Crippen molar-refractivity contribution >= 4 is 29.5 Å². The summed E-state index contributed by atoms with van der Waals surface area (Å²) in [5.41, 5.74) is 6.07. The summed E-state index contributed by atoms with van der Waals surface area (Å²) in [4.78, 5) is 9.71. The third kappa shape index (κ3) is 4.47. The lowest BCUT2D eigenvalue weighted by Gasteiger charge is -2.22. The van der Waals surface area contributed by atoms with Gasteiger partial charge in [0, 0.05) is 24.3 Å². The van der Waals surface area contributed by atoms with Crippen LogP contribution >= 0.6 is 12.4 Å². The number of hydrogen-bond donors (Lipinski definition) is 2. The Morgan fingerprint density at radius 1 is 1.00 bits per heavy atom. The van der Waals surface area contributed by atoms with Crippen molar-refractivity contribution in [2.45, 2.75) is 57.5 Å². The third-order valence-electron chi connectivity index (χ3n) is 6.19. The molecule has 2 N–H and O–H groups in total. The maximum Gasteiger partial charge on any atom is 0.157 e. The van der Waals surface area contributed by atoms with E-state index in [0.29, 0.717) is 6.61 Å². The van der Waals surface area contributed by atoms with E-state index in [1.165, 1.54) is 48.8 Å². The highest BCUT2D eigenvalue weighted by atomic mass is 35.5. The van der Waals surface area contributed by atoms with Crippen molar-refractivity contribution in [1.29, 1.82) is 0 Å². The minimum Gasteiger partial charge on any atom is -0.377 e. The summed E-state index contributed by atoms with van der Waals surface area (Å²) in [7, 11) is 0. The molecular weight excluding hydrogens is 384 g/mol. The quantitative estimate of drug-likeness (QED) is 0.731. The fourth-order valence-electron chi connectivity index (χ4n) is 4.56. The summed E-state index contributed by atoms with van der Waals surface area (Å²) < 4.78 is 5.44. The second-order valence-corrected chi connectivity index (χ2v) is 8.06. The van der Waals surface area contributed by atoms with Crippen molar-refractivity contribution in [1.82, 2.24) is 15.3 Å². The van der Waals surface area contributed by atoms with Crippen LogP contribution in [0, 0.1) is 0 Å². The highest BCUT2D eigenvalue weighted by Gasteiger charge is 2.21. The standard InChI is InChI=1S/C23H28N4O.ClH/c1-2-4-16(5-3-1)17-6-8-19(9-7-17)25-23-20-14-24-15-21(20)26-22(27-23)18-10-12-28-13-11-18;/h6-10,16,24H,1-5,11-15H2,(H,25,26,27);1H. The second kappa shape index (κ2) is 9.24. The molecule has 0 unspecified atom stereocenters. The van der Waals surface area contributed by atoms with E-state index in [1.807, 2.05) is 0 Å². The number of ether oxygens (including phenoxy) is 1. The molecule has 1 fully saturated rings. The van der Waals surface area contributed by atoms with Crippen LogP contribution in [0.15, 0.2) is 30.3 Å². The highest BCUT2D eigenvalue weighted by Crippen LogP contribution is 2.34. The van der Waals surface area contributed by atoms with Gasteiger partial charge >= 0.3 is 0 Å². The monoisotopic (exact) mass is 412 g/mol. The van der Waals surface area contributed by atoms with E-state index >= 15 is 0 Å². The van der Waals surface area contributed by atoms with E-state index in [9.17, 15) is 0 Å². The normalized spacial score (nSPS) is 19.2. The van der Waals surface area contributed by atoms with Crippen LogP contribution in [0.1, 0.15) is 67.1 Å². The first-order chi connectivity index (χ1) is 13.9. The molecule has 29 heavy (non-hydrogen) atoms. The molecule has 1 saturated carbocycles. The van der Waals surface area contributed by atoms with Crippen molar-refractivity contribution in [2.24, 2.45) is 0 Å². The van der Waals surface area contributed by atoms with Gasteiger partial charge < -0.3 is 15.4 Å². The molecule has 0 radical (unpaired) electrons. The van der Waals surface area contributed by atoms with Crippen molar-refractivity contribution in [3.63, 3.8) is 0 Å². The molecule has 1 aromatic heterocycles. The molecule has 2 aliphatic heterocycles. The smallest absolute Gasteiger partial charge is 0.157 e. The molecule has 0 atom stereocenters. The minimum absolute atomic E-state index is 0. The van der Waals surface area contributed by atoms with Gasteiger partial charge in [0.2, 0.25) is 0 Å². The lowest BCUT2D eigenvalue weighted by molar-refractivity contribution is 0.161. The molecule has 154 valence electrons. The number of benzene rings is 1. The molecule has 1 aliphatic carbocycles. The first-order valence-corrected chi connectivity index (χ1v) is 10.6. The van der Waals surface area contributed by atoms with E-state index in [0.717, 1.165) is 55.1 Å². The number of aromatic nitrogens is 2. The Labute approximate surface area is 178 Å². The van der Waals surface area contributed by atoms with Gasteiger partial charge in [-0.3, -0.25) is 0 Å². The van der Waals surface area contributed by atoms with Crippen molar-refractivity contribution in [3.8, 4) is 0 Å². The zero-order valence-electron chi connectivity index (χ0n) is 16.7. The Morgan fingerprint density at radius 3 is 2.59 bits per heavy atom. The molecule has 2 aromatic rings. The number of rotatable bonds is 4. The van der Waals surface area contributed by atoms with Gasteiger partial charge in [-0.25, -0.2) is 9.97 Å². The number of anilines is 2. The lowest BCUT2D eigenvalue weighted by atomic mass is 9.84. The Bertz CT molecular complexity index is 875. The third-order valence-corrected chi connectivity index (χ3v) is 6.19. The van der Waals surface area contributed by atoms with E-state index in [2.05, 4.69) is 41.0 Å². The Kier molecular flexibility index (Phi) is 6.48. The molecule has 3 heterocycles. The zero-order valence-corrected chi connectivity index (χ0v) is 17.6. The van der Waals surface area contributed by atoms with Crippen LogP contribution in [0.4, 0.5) is 11.5 Å². The molecule has 5 rings (SSSR count). The number of halogens is 1. The summed E-state index contributed by atoms with van der Waals surface area (Å²) in [6, 6.07) is 8.99. The average molecular weight is 413 g/mol. The molecule has 5 nitrogen and oxygen atoms in total. The van der Waals surface area contributed by atoms with Gasteiger partial charge in [0.05, 0.1) is 18.9 Å². The number of fused-ring (bicyclic) bond motifs is 1. The number of hydrogen-bond acceptors (Lipinski definition) is 5. The maximum absolute atomic E-state index is 5.44. The molecule has 0 saturated heterocycles. The van der Waals surface area contributed by atoms with Crippen molar-refractivity contribution in [3.05, 3.63) is 53.0 Å². The van der Waals surface area contributed by atoms with Gasteiger partial charge in [-0.2, -0.15) is 0 Å². The first kappa shape index (κ1) is 20.3. The Hall–Kier alpha value is -1.95. The van der Waals surface area contributed by atoms with Gasteiger partial charge in [-0.05, 0) is 48.4 Å². The Balaban J connectivity index is 0.00000205. The number of nitrogens with zero attached hydrogens (tertiary/aromatic N) is 2. The van der Waals surface area contributed by atoms with Crippen LogP contribution in [0.25, 0.3) is 5.57 Å². The minimum atomic E-state index is 0. The van der Waals surface area contributed by atoms with Crippen LogP contribution in [-0.2, 0) is 17.8 Å². The fourth-order valence-corrected chi connectivity index (χ4v) is 4.56. The summed E-state index contributed by atoms with van der Waals surface area (Å²) in [6.07, 6.45) is 9.79. The zero-order chi connectivity index (χ0) is 18.8. The number of nitrogens with one attached hydrogen (secondary N) is 2. The van der Waals surface area contributed by atoms with Gasteiger partial charge in [0.15, 0.2) is 5.82 Å². The van der Waals surface area contributed by atoms with Gasteiger partial charge in [-0.15, -0.1) is 12.4 Å². The highest BCUT2D eigenvalue weighted by molar-refractivity contribution is 5.85. The van der Waals surface area contributed by atoms with Crippen LogP contribution in [0.2, 0.25) is 0 Å². The molecule has 0 bridgehead atoms. The maximum atomic E-state index is 5.44.